The van der Waals surface area contributed by atoms with Crippen molar-refractivity contribution in [3.05, 3.63) is 59.9 Å². The van der Waals surface area contributed by atoms with E-state index in [1.54, 1.807) is 48.7 Å². The highest BCUT2D eigenvalue weighted by atomic mass is 16.5. The number of rotatable bonds is 3. The van der Waals surface area contributed by atoms with E-state index in [1.165, 1.54) is 4.40 Å². The lowest BCUT2D eigenvalue weighted by molar-refractivity contribution is 0.0686. The zero-order valence-electron chi connectivity index (χ0n) is 10.7. The highest BCUT2D eigenvalue weighted by Gasteiger charge is 2.20. The number of carbonyl (C=O) groups is 1. The van der Waals surface area contributed by atoms with Crippen molar-refractivity contribution in [3.8, 4) is 17.7 Å². The van der Waals surface area contributed by atoms with Crippen LogP contribution in [0.1, 0.15) is 16.1 Å². The predicted octanol–water partition coefficient (Wildman–Crippen LogP) is 2.70. The lowest BCUT2D eigenvalue weighted by atomic mass is 10.2. The lowest BCUT2D eigenvalue weighted by Gasteiger charge is -2.03. The van der Waals surface area contributed by atoms with E-state index in [0.717, 1.165) is 0 Å². The van der Waals surface area contributed by atoms with Crippen molar-refractivity contribution in [3.63, 3.8) is 0 Å². The van der Waals surface area contributed by atoms with Crippen LogP contribution in [-0.2, 0) is 0 Å². The Bertz CT molecular complexity index is 860. The van der Waals surface area contributed by atoms with Crippen molar-refractivity contribution in [2.45, 2.75) is 0 Å². The van der Waals surface area contributed by atoms with E-state index < -0.39 is 5.97 Å². The molecular weight excluding hydrogens is 270 g/mol. The Kier molecular flexibility index (Phi) is 3.01. The molecule has 0 atom stereocenters. The third-order valence-electron chi connectivity index (χ3n) is 2.90. The van der Waals surface area contributed by atoms with Crippen molar-refractivity contribution < 1.29 is 14.6 Å². The van der Waals surface area contributed by atoms with Gasteiger partial charge in [-0.3, -0.25) is 4.40 Å². The normalized spacial score (nSPS) is 10.2. The number of carboxylic acid groups (broad SMARTS) is 1. The molecule has 3 aromatic rings. The molecule has 6 nitrogen and oxygen atoms in total. The molecule has 2 aromatic heterocycles. The number of aromatic nitrogens is 2. The van der Waals surface area contributed by atoms with Crippen LogP contribution in [-0.4, -0.2) is 20.5 Å². The zero-order valence-corrected chi connectivity index (χ0v) is 10.7. The van der Waals surface area contributed by atoms with Gasteiger partial charge in [0.05, 0.1) is 11.6 Å². The van der Waals surface area contributed by atoms with Gasteiger partial charge in [-0.1, -0.05) is 6.07 Å². The molecule has 0 saturated carbocycles. The van der Waals surface area contributed by atoms with Crippen molar-refractivity contribution in [2.75, 3.05) is 0 Å². The molecule has 21 heavy (non-hydrogen) atoms. The van der Waals surface area contributed by atoms with Gasteiger partial charge in [0.25, 0.3) is 5.88 Å². The summed E-state index contributed by atoms with van der Waals surface area (Å²) in [6.07, 6.45) is 1.61. The summed E-state index contributed by atoms with van der Waals surface area (Å²) in [5, 5.41) is 18.1. The zero-order chi connectivity index (χ0) is 14.8. The van der Waals surface area contributed by atoms with Crippen LogP contribution < -0.4 is 4.74 Å². The summed E-state index contributed by atoms with van der Waals surface area (Å²) in [5.41, 5.74) is 0.935. The van der Waals surface area contributed by atoms with Crippen LogP contribution in [0.3, 0.4) is 0 Å². The van der Waals surface area contributed by atoms with E-state index in [0.29, 0.717) is 17.0 Å². The lowest BCUT2D eigenvalue weighted by Crippen LogP contribution is -2.03. The molecule has 0 fully saturated rings. The molecule has 3 rings (SSSR count). The van der Waals surface area contributed by atoms with Crippen LogP contribution in [0.2, 0.25) is 0 Å². The molecule has 6 heteroatoms. The first kappa shape index (κ1) is 12.7. The molecule has 0 aliphatic carbocycles. The minimum absolute atomic E-state index is 0.0124. The van der Waals surface area contributed by atoms with Crippen molar-refractivity contribution in [2.24, 2.45) is 0 Å². The Morgan fingerprint density at radius 3 is 2.67 bits per heavy atom. The Hall–Kier alpha value is -3.33. The van der Waals surface area contributed by atoms with Crippen LogP contribution in [0.5, 0.6) is 11.6 Å². The molecule has 0 saturated heterocycles. The second kappa shape index (κ2) is 4.98. The van der Waals surface area contributed by atoms with E-state index in [-0.39, 0.29) is 11.6 Å². The van der Waals surface area contributed by atoms with Gasteiger partial charge in [-0.2, -0.15) is 10.2 Å². The monoisotopic (exact) mass is 279 g/mol. The number of imidazole rings is 1. The third kappa shape index (κ3) is 2.28. The number of pyridine rings is 1. The quantitative estimate of drug-likeness (QED) is 0.796. The Labute approximate surface area is 119 Å². The molecule has 1 N–H and O–H groups in total. The van der Waals surface area contributed by atoms with Crippen molar-refractivity contribution in [1.29, 1.82) is 5.26 Å². The highest BCUT2D eigenvalue weighted by molar-refractivity contribution is 5.89. The second-order valence-electron chi connectivity index (χ2n) is 4.24. The van der Waals surface area contributed by atoms with Gasteiger partial charge in [-0.15, -0.1) is 0 Å². The van der Waals surface area contributed by atoms with Crippen LogP contribution in [0.25, 0.3) is 5.65 Å². The van der Waals surface area contributed by atoms with Crippen LogP contribution in [0.4, 0.5) is 0 Å². The second-order valence-corrected chi connectivity index (χ2v) is 4.24. The minimum Gasteiger partial charge on any atom is -0.476 e. The maximum absolute atomic E-state index is 11.4. The Morgan fingerprint density at radius 1 is 1.24 bits per heavy atom. The number of nitriles is 1. The van der Waals surface area contributed by atoms with Gasteiger partial charge >= 0.3 is 5.97 Å². The molecule has 0 spiro atoms. The third-order valence-corrected chi connectivity index (χ3v) is 2.90. The summed E-state index contributed by atoms with van der Waals surface area (Å²) in [6.45, 7) is 0. The first-order valence-corrected chi connectivity index (χ1v) is 6.07. The van der Waals surface area contributed by atoms with E-state index in [1.807, 2.05) is 6.07 Å². The van der Waals surface area contributed by atoms with E-state index in [4.69, 9.17) is 10.00 Å². The van der Waals surface area contributed by atoms with Crippen LogP contribution in [0, 0.1) is 11.3 Å². The number of carboxylic acids is 1. The van der Waals surface area contributed by atoms with Crippen LogP contribution in [0.15, 0.2) is 48.7 Å². The highest BCUT2D eigenvalue weighted by Crippen LogP contribution is 2.26. The fourth-order valence-corrected chi connectivity index (χ4v) is 1.95. The number of fused-ring (bicyclic) bond motifs is 1. The fraction of sp³-hybridized carbons (Fsp3) is 0. The molecule has 0 aliphatic rings. The van der Waals surface area contributed by atoms with Gasteiger partial charge < -0.3 is 9.84 Å². The Morgan fingerprint density at radius 2 is 2.00 bits per heavy atom. The number of nitrogens with zero attached hydrogens (tertiary/aromatic N) is 3. The van der Waals surface area contributed by atoms with Gasteiger partial charge in [0.1, 0.15) is 11.4 Å². The molecule has 0 radical (unpaired) electrons. The van der Waals surface area contributed by atoms with Crippen LogP contribution >= 0.6 is 0 Å². The average Bonchev–Trinajstić information content (AvgIpc) is 2.86. The van der Waals surface area contributed by atoms with Gasteiger partial charge in [-0.25, -0.2) is 4.79 Å². The topological polar surface area (TPSA) is 87.6 Å². The molecule has 0 bridgehead atoms. The maximum Gasteiger partial charge on any atom is 0.358 e. The maximum atomic E-state index is 11.4. The summed E-state index contributed by atoms with van der Waals surface area (Å²) in [4.78, 5) is 15.6. The van der Waals surface area contributed by atoms with Gasteiger partial charge in [0.15, 0.2) is 5.69 Å². The summed E-state index contributed by atoms with van der Waals surface area (Å²) >= 11 is 0. The first-order valence-electron chi connectivity index (χ1n) is 6.07. The van der Waals surface area contributed by atoms with E-state index in [2.05, 4.69) is 4.98 Å². The standard InChI is InChI=1S/C15H9N3O3/c16-9-10-4-6-11(7-5-10)21-14-13(15(19)20)18-8-2-1-3-12(18)17-14/h1-8H,(H,19,20). The van der Waals surface area contributed by atoms with Gasteiger partial charge in [0, 0.05) is 6.20 Å². The summed E-state index contributed by atoms with van der Waals surface area (Å²) < 4.78 is 6.98. The molecule has 0 amide bonds. The largest absolute Gasteiger partial charge is 0.476 e. The van der Waals surface area contributed by atoms with E-state index >= 15 is 0 Å². The SMILES string of the molecule is N#Cc1ccc(Oc2nc3ccccn3c2C(=O)O)cc1. The smallest absolute Gasteiger partial charge is 0.358 e. The van der Waals surface area contributed by atoms with Crippen molar-refractivity contribution >= 4 is 11.6 Å². The predicted molar refractivity (Wildman–Crippen MR) is 73.4 cm³/mol. The number of benzene rings is 1. The molecule has 1 aromatic carbocycles. The van der Waals surface area contributed by atoms with Gasteiger partial charge in [0.2, 0.25) is 0 Å². The average molecular weight is 279 g/mol. The molecular formula is C15H9N3O3. The number of aromatic carboxylic acids is 1. The number of hydrogen-bond donors (Lipinski definition) is 1. The summed E-state index contributed by atoms with van der Waals surface area (Å²) in [7, 11) is 0. The molecule has 102 valence electrons. The summed E-state index contributed by atoms with van der Waals surface area (Å²) in [5.74, 6) is -0.698. The number of hydrogen-bond acceptors (Lipinski definition) is 4. The molecule has 0 aliphatic heterocycles. The van der Waals surface area contributed by atoms with Gasteiger partial charge in [-0.05, 0) is 36.4 Å². The molecule has 0 unspecified atom stereocenters. The minimum atomic E-state index is -1.13. The molecule has 2 heterocycles. The van der Waals surface area contributed by atoms with Crippen molar-refractivity contribution in [1.82, 2.24) is 9.38 Å². The number of ether oxygens (including phenoxy) is 1. The first-order chi connectivity index (χ1) is 10.2. The van der Waals surface area contributed by atoms with E-state index in [9.17, 15) is 9.90 Å². The fourth-order valence-electron chi connectivity index (χ4n) is 1.95. The summed E-state index contributed by atoms with van der Waals surface area (Å²) in [6, 6.07) is 13.5. The Balaban J connectivity index is 2.05.